The van der Waals surface area contributed by atoms with Crippen molar-refractivity contribution in [3.63, 3.8) is 0 Å². The molecule has 4 aromatic rings. The number of benzene rings is 2. The Hall–Kier alpha value is -4.57. The van der Waals surface area contributed by atoms with Crippen LogP contribution in [0.3, 0.4) is 0 Å². The fraction of sp³-hybridized carbons (Fsp3) is 0.281. The lowest BCUT2D eigenvalue weighted by Crippen LogP contribution is -2.59. The normalized spacial score (nSPS) is 14.2. The maximum atomic E-state index is 13.4. The molecule has 0 saturated carbocycles. The molecule has 42 heavy (non-hydrogen) atoms. The number of carboxylic acids is 1. The average Bonchev–Trinajstić information content (AvgIpc) is 3.44. The van der Waals surface area contributed by atoms with Crippen molar-refractivity contribution in [2.75, 3.05) is 13.1 Å². The summed E-state index contributed by atoms with van der Waals surface area (Å²) in [6.07, 6.45) is 3.69. The molecule has 0 aliphatic carbocycles. The van der Waals surface area contributed by atoms with Gasteiger partial charge < -0.3 is 20.4 Å². The second kappa shape index (κ2) is 11.7. The molecule has 2 aromatic carbocycles. The van der Waals surface area contributed by atoms with Crippen molar-refractivity contribution in [2.24, 2.45) is 5.92 Å². The molecule has 5 rings (SSSR count). The summed E-state index contributed by atoms with van der Waals surface area (Å²) in [7, 11) is 0. The molecular weight excluding hydrogens is 552 g/mol. The SMILES string of the molecule is CC(C)(C)c1ccc(C(=O)N[C@@H](Cc2ccc(-c3ncc(-c4ccc(O)cc4)cn3)cc2)C(=O)N2CC(C(=O)O)C2)s1. The van der Waals surface area contributed by atoms with Crippen LogP contribution in [0.1, 0.15) is 40.9 Å². The first-order valence-corrected chi connectivity index (χ1v) is 14.4. The molecule has 0 radical (unpaired) electrons. The van der Waals surface area contributed by atoms with Gasteiger partial charge in [0, 0.05) is 47.9 Å². The van der Waals surface area contributed by atoms with E-state index in [9.17, 15) is 24.6 Å². The number of likely N-dealkylation sites (tertiary alicyclic amines) is 1. The summed E-state index contributed by atoms with van der Waals surface area (Å²) in [6, 6.07) is 17.1. The Kier molecular flexibility index (Phi) is 8.08. The van der Waals surface area contributed by atoms with Gasteiger partial charge in [-0.25, -0.2) is 9.97 Å². The predicted molar refractivity (Wildman–Crippen MR) is 160 cm³/mol. The van der Waals surface area contributed by atoms with Crippen molar-refractivity contribution < 1.29 is 24.6 Å². The third-order valence-corrected chi connectivity index (χ3v) is 8.73. The van der Waals surface area contributed by atoms with E-state index in [0.29, 0.717) is 10.7 Å². The highest BCUT2D eigenvalue weighted by Gasteiger charge is 2.39. The van der Waals surface area contributed by atoms with Gasteiger partial charge in [0.2, 0.25) is 5.91 Å². The van der Waals surface area contributed by atoms with Crippen LogP contribution in [0.5, 0.6) is 5.75 Å². The number of carbonyl (C=O) groups excluding carboxylic acids is 2. The van der Waals surface area contributed by atoms with Crippen LogP contribution >= 0.6 is 11.3 Å². The van der Waals surface area contributed by atoms with E-state index in [0.717, 1.165) is 27.1 Å². The van der Waals surface area contributed by atoms with Crippen LogP contribution in [0.25, 0.3) is 22.5 Å². The minimum Gasteiger partial charge on any atom is -0.508 e. The molecule has 1 atom stereocenters. The highest BCUT2D eigenvalue weighted by atomic mass is 32.1. The monoisotopic (exact) mass is 584 g/mol. The van der Waals surface area contributed by atoms with Gasteiger partial charge in [-0.2, -0.15) is 0 Å². The molecule has 2 amide bonds. The number of aromatic hydroxyl groups is 1. The van der Waals surface area contributed by atoms with Gasteiger partial charge in [0.05, 0.1) is 10.8 Å². The van der Waals surface area contributed by atoms with Gasteiger partial charge in [-0.05, 0) is 40.8 Å². The second-order valence-corrected chi connectivity index (χ2v) is 12.5. The molecule has 1 fully saturated rings. The highest BCUT2D eigenvalue weighted by molar-refractivity contribution is 7.14. The number of nitrogens with zero attached hydrogens (tertiary/aromatic N) is 3. The molecular formula is C32H32N4O5S. The number of aliphatic carboxylic acids is 1. The number of thiophene rings is 1. The summed E-state index contributed by atoms with van der Waals surface area (Å²) in [5.74, 6) is -1.42. The second-order valence-electron chi connectivity index (χ2n) is 11.5. The van der Waals surface area contributed by atoms with Gasteiger partial charge >= 0.3 is 5.97 Å². The summed E-state index contributed by atoms with van der Waals surface area (Å²) < 4.78 is 0. The highest BCUT2D eigenvalue weighted by Crippen LogP contribution is 2.30. The van der Waals surface area contributed by atoms with Crippen LogP contribution in [0.15, 0.2) is 73.1 Å². The Morgan fingerprint density at radius 3 is 2.12 bits per heavy atom. The quantitative estimate of drug-likeness (QED) is 0.272. The van der Waals surface area contributed by atoms with Crippen LogP contribution in [0, 0.1) is 5.92 Å². The van der Waals surface area contributed by atoms with Crippen LogP contribution in [-0.4, -0.2) is 62.0 Å². The van der Waals surface area contributed by atoms with Crippen molar-refractivity contribution in [1.29, 1.82) is 0 Å². The maximum Gasteiger partial charge on any atom is 0.310 e. The summed E-state index contributed by atoms with van der Waals surface area (Å²) in [5, 5.41) is 21.7. The molecule has 0 unspecified atom stereocenters. The van der Waals surface area contributed by atoms with E-state index in [1.54, 1.807) is 42.7 Å². The first kappa shape index (κ1) is 28.9. The van der Waals surface area contributed by atoms with Crippen LogP contribution in [0.4, 0.5) is 0 Å². The molecule has 2 aromatic heterocycles. The topological polar surface area (TPSA) is 133 Å². The summed E-state index contributed by atoms with van der Waals surface area (Å²) in [5.41, 5.74) is 3.24. The van der Waals surface area contributed by atoms with E-state index < -0.39 is 17.9 Å². The van der Waals surface area contributed by atoms with E-state index in [1.807, 2.05) is 30.3 Å². The first-order chi connectivity index (χ1) is 20.0. The molecule has 1 aliphatic heterocycles. The van der Waals surface area contributed by atoms with Crippen molar-refractivity contribution in [3.05, 3.63) is 88.4 Å². The summed E-state index contributed by atoms with van der Waals surface area (Å²) in [6.45, 7) is 6.49. The number of carbonyl (C=O) groups is 3. The molecule has 1 saturated heterocycles. The summed E-state index contributed by atoms with van der Waals surface area (Å²) >= 11 is 1.40. The Bertz CT molecular complexity index is 1590. The lowest BCUT2D eigenvalue weighted by molar-refractivity contribution is -0.153. The van der Waals surface area contributed by atoms with Gasteiger partial charge in [0.15, 0.2) is 5.82 Å². The van der Waals surface area contributed by atoms with Crippen LogP contribution in [-0.2, 0) is 21.4 Å². The zero-order valence-corrected chi connectivity index (χ0v) is 24.4. The van der Waals surface area contributed by atoms with E-state index in [-0.39, 0.29) is 42.5 Å². The zero-order valence-electron chi connectivity index (χ0n) is 23.6. The Morgan fingerprint density at radius 2 is 1.55 bits per heavy atom. The number of phenols is 1. The van der Waals surface area contributed by atoms with E-state index in [2.05, 4.69) is 36.1 Å². The Labute approximate surface area is 247 Å². The Morgan fingerprint density at radius 1 is 0.929 bits per heavy atom. The average molecular weight is 585 g/mol. The van der Waals surface area contributed by atoms with Gasteiger partial charge in [0.1, 0.15) is 11.8 Å². The van der Waals surface area contributed by atoms with Crippen molar-refractivity contribution >= 4 is 29.1 Å². The molecule has 216 valence electrons. The number of phenolic OH excluding ortho intramolecular Hbond substituents is 1. The lowest BCUT2D eigenvalue weighted by Gasteiger charge is -2.38. The predicted octanol–water partition coefficient (Wildman–Crippen LogP) is 4.76. The van der Waals surface area contributed by atoms with E-state index >= 15 is 0 Å². The number of hydrogen-bond acceptors (Lipinski definition) is 7. The zero-order chi connectivity index (χ0) is 30.0. The smallest absolute Gasteiger partial charge is 0.310 e. The van der Waals surface area contributed by atoms with Gasteiger partial charge in [-0.1, -0.05) is 57.2 Å². The van der Waals surface area contributed by atoms with Gasteiger partial charge in [-0.15, -0.1) is 11.3 Å². The van der Waals surface area contributed by atoms with Gasteiger partial charge in [0.25, 0.3) is 5.91 Å². The van der Waals surface area contributed by atoms with E-state index in [4.69, 9.17) is 0 Å². The van der Waals surface area contributed by atoms with Crippen molar-refractivity contribution in [2.45, 2.75) is 38.6 Å². The standard InChI is InChI=1S/C32H32N4O5S/c1-32(2,3)27-13-12-26(42-27)29(38)35-25(30(39)36-17-23(18-36)31(40)41)14-19-4-6-21(7-5-19)28-33-15-22(16-34-28)20-8-10-24(37)11-9-20/h4-13,15-16,23,25,37H,14,17-18H2,1-3H3,(H,35,38)(H,40,41)/t25-/m0/s1. The molecule has 0 bridgehead atoms. The molecule has 1 aliphatic rings. The van der Waals surface area contributed by atoms with E-state index in [1.165, 1.54) is 16.2 Å². The number of aromatic nitrogens is 2. The molecule has 3 N–H and O–H groups in total. The Balaban J connectivity index is 1.30. The molecule has 3 heterocycles. The molecule has 10 heteroatoms. The number of rotatable bonds is 8. The fourth-order valence-corrected chi connectivity index (χ4v) is 5.60. The maximum absolute atomic E-state index is 13.4. The van der Waals surface area contributed by atoms with Crippen molar-refractivity contribution in [1.82, 2.24) is 20.2 Å². The minimum absolute atomic E-state index is 0.0980. The van der Waals surface area contributed by atoms with Crippen LogP contribution < -0.4 is 5.32 Å². The molecule has 0 spiro atoms. The van der Waals surface area contributed by atoms with Crippen molar-refractivity contribution in [3.8, 4) is 28.3 Å². The number of hydrogen-bond donors (Lipinski definition) is 3. The number of nitrogens with one attached hydrogen (secondary N) is 1. The largest absolute Gasteiger partial charge is 0.508 e. The molecule has 9 nitrogen and oxygen atoms in total. The lowest BCUT2D eigenvalue weighted by atomic mass is 9.95. The first-order valence-electron chi connectivity index (χ1n) is 13.6. The number of amides is 2. The van der Waals surface area contributed by atoms with Crippen LogP contribution in [0.2, 0.25) is 0 Å². The third kappa shape index (κ3) is 6.49. The minimum atomic E-state index is -0.929. The summed E-state index contributed by atoms with van der Waals surface area (Å²) in [4.78, 5) is 49.9. The fourth-order valence-electron chi connectivity index (χ4n) is 4.63. The number of carboxylic acid groups (broad SMARTS) is 1. The third-order valence-electron chi connectivity index (χ3n) is 7.22. The van der Waals surface area contributed by atoms with Gasteiger partial charge in [-0.3, -0.25) is 14.4 Å².